The van der Waals surface area contributed by atoms with Gasteiger partial charge in [-0.1, -0.05) is 37.5 Å². The Morgan fingerprint density at radius 1 is 1.32 bits per heavy atom. The fourth-order valence-electron chi connectivity index (χ4n) is 4.46. The highest BCUT2D eigenvalue weighted by atomic mass is 35.5. The second-order valence-electron chi connectivity index (χ2n) is 7.44. The van der Waals surface area contributed by atoms with Gasteiger partial charge in [-0.25, -0.2) is 0 Å². The molecule has 2 atom stereocenters. The minimum atomic E-state index is -1.28. The van der Waals surface area contributed by atoms with Crippen LogP contribution in [0.5, 0.6) is 5.75 Å². The van der Waals surface area contributed by atoms with Crippen LogP contribution in [-0.2, 0) is 9.59 Å². The number of nitrogens with zero attached hydrogens (tertiary/aromatic N) is 1. The standard InChI is InChI=1S/C18H21ClN2O4/c1-16(2)17(3)7-8-18(16,14(22)13(17)21-24)15(23)20-11-9-10(19)5-6-12(11)25-4/h5-6,9,24H,7-8H2,1-4H3,(H,20,23). The van der Waals surface area contributed by atoms with Crippen molar-refractivity contribution in [3.63, 3.8) is 0 Å². The molecule has 3 rings (SSSR count). The molecule has 0 heterocycles. The van der Waals surface area contributed by atoms with Crippen LogP contribution in [0.3, 0.4) is 0 Å². The topological polar surface area (TPSA) is 88.0 Å². The number of Topliss-reactive ketones (excluding diaryl/α,β-unsaturated/α-hetero) is 1. The summed E-state index contributed by atoms with van der Waals surface area (Å²) in [6.45, 7) is 5.64. The summed E-state index contributed by atoms with van der Waals surface area (Å²) in [6, 6.07) is 4.88. The summed E-state index contributed by atoms with van der Waals surface area (Å²) in [5.74, 6) is -0.383. The van der Waals surface area contributed by atoms with E-state index >= 15 is 0 Å². The summed E-state index contributed by atoms with van der Waals surface area (Å²) in [6.07, 6.45) is 1.01. The van der Waals surface area contributed by atoms with Crippen molar-refractivity contribution >= 4 is 34.7 Å². The Labute approximate surface area is 151 Å². The van der Waals surface area contributed by atoms with Crippen molar-refractivity contribution in [1.82, 2.24) is 0 Å². The largest absolute Gasteiger partial charge is 0.495 e. The molecule has 2 N–H and O–H groups in total. The maximum atomic E-state index is 13.2. The van der Waals surface area contributed by atoms with E-state index in [1.165, 1.54) is 7.11 Å². The second-order valence-corrected chi connectivity index (χ2v) is 7.88. The lowest BCUT2D eigenvalue weighted by molar-refractivity contribution is -0.140. The molecule has 2 aliphatic carbocycles. The Hall–Kier alpha value is -2.08. The number of oxime groups is 1. The van der Waals surface area contributed by atoms with Crippen molar-refractivity contribution < 1.29 is 19.5 Å². The van der Waals surface area contributed by atoms with Crippen LogP contribution in [0.25, 0.3) is 0 Å². The average molecular weight is 365 g/mol. The number of anilines is 1. The van der Waals surface area contributed by atoms with Crippen molar-refractivity contribution in [1.29, 1.82) is 0 Å². The van der Waals surface area contributed by atoms with Crippen LogP contribution in [0.1, 0.15) is 33.6 Å². The van der Waals surface area contributed by atoms with Crippen LogP contribution in [0.2, 0.25) is 5.02 Å². The predicted molar refractivity (Wildman–Crippen MR) is 94.4 cm³/mol. The van der Waals surface area contributed by atoms with Crippen molar-refractivity contribution in [3.05, 3.63) is 23.2 Å². The molecule has 0 spiro atoms. The number of ketones is 1. The third-order valence-corrected chi connectivity index (χ3v) is 6.70. The SMILES string of the molecule is COc1ccc(Cl)cc1NC(=O)C12CCC(C)(C(=NO)C1=O)C2(C)C. The number of carbonyl (C=O) groups excluding carboxylic acids is 2. The summed E-state index contributed by atoms with van der Waals surface area (Å²) < 4.78 is 5.26. The second kappa shape index (κ2) is 5.46. The summed E-state index contributed by atoms with van der Waals surface area (Å²) in [5.41, 5.74) is -2.13. The summed E-state index contributed by atoms with van der Waals surface area (Å²) in [7, 11) is 1.49. The molecule has 25 heavy (non-hydrogen) atoms. The number of nitrogens with one attached hydrogen (secondary N) is 1. The van der Waals surface area contributed by atoms with Crippen LogP contribution in [-0.4, -0.2) is 29.7 Å². The van der Waals surface area contributed by atoms with Gasteiger partial charge < -0.3 is 15.3 Å². The molecular formula is C18H21ClN2O4. The molecule has 1 amide bonds. The molecular weight excluding hydrogens is 344 g/mol. The molecule has 1 aromatic carbocycles. The van der Waals surface area contributed by atoms with Crippen molar-refractivity contribution in [3.8, 4) is 5.75 Å². The van der Waals surface area contributed by atoms with Gasteiger partial charge in [0.1, 0.15) is 16.9 Å². The Balaban J connectivity index is 2.06. The highest BCUT2D eigenvalue weighted by molar-refractivity contribution is 6.51. The van der Waals surface area contributed by atoms with E-state index in [0.717, 1.165) is 0 Å². The number of carbonyl (C=O) groups is 2. The normalized spacial score (nSPS) is 31.4. The van der Waals surface area contributed by atoms with Crippen molar-refractivity contribution in [2.45, 2.75) is 33.6 Å². The smallest absolute Gasteiger partial charge is 0.239 e. The molecule has 7 heteroatoms. The molecule has 0 aliphatic heterocycles. The van der Waals surface area contributed by atoms with Gasteiger partial charge in [-0.05, 0) is 36.5 Å². The molecule has 134 valence electrons. The zero-order valence-electron chi connectivity index (χ0n) is 14.6. The summed E-state index contributed by atoms with van der Waals surface area (Å²) in [5, 5.41) is 15.8. The molecule has 0 radical (unpaired) electrons. The zero-order valence-corrected chi connectivity index (χ0v) is 15.4. The van der Waals surface area contributed by atoms with Gasteiger partial charge in [0, 0.05) is 10.4 Å². The molecule has 2 unspecified atom stereocenters. The molecule has 2 fully saturated rings. The highest BCUT2D eigenvalue weighted by Gasteiger charge is 2.76. The van der Waals surface area contributed by atoms with Gasteiger partial charge in [0.2, 0.25) is 5.91 Å². The van der Waals surface area contributed by atoms with Gasteiger partial charge in [-0.15, -0.1) is 0 Å². The van der Waals surface area contributed by atoms with Gasteiger partial charge >= 0.3 is 0 Å². The Morgan fingerprint density at radius 3 is 2.56 bits per heavy atom. The van der Waals surface area contributed by atoms with E-state index in [1.807, 2.05) is 20.8 Å². The fraction of sp³-hybridized carbons (Fsp3) is 0.500. The predicted octanol–water partition coefficient (Wildman–Crippen LogP) is 3.51. The van der Waals surface area contributed by atoms with Crippen molar-refractivity contribution in [2.75, 3.05) is 12.4 Å². The first-order valence-corrected chi connectivity index (χ1v) is 8.46. The monoisotopic (exact) mass is 364 g/mol. The third-order valence-electron chi connectivity index (χ3n) is 6.47. The molecule has 2 bridgehead atoms. The van der Waals surface area contributed by atoms with Crippen LogP contribution >= 0.6 is 11.6 Å². The molecule has 0 aromatic heterocycles. The van der Waals surface area contributed by atoms with Crippen LogP contribution in [0, 0.1) is 16.2 Å². The lowest BCUT2D eigenvalue weighted by Gasteiger charge is -2.37. The van der Waals surface area contributed by atoms with Crippen LogP contribution in [0.15, 0.2) is 23.4 Å². The summed E-state index contributed by atoms with van der Waals surface area (Å²) in [4.78, 5) is 26.2. The maximum Gasteiger partial charge on any atom is 0.239 e. The first kappa shape index (κ1) is 17.7. The van der Waals surface area contributed by atoms with Gasteiger partial charge in [0.25, 0.3) is 0 Å². The first-order valence-electron chi connectivity index (χ1n) is 8.08. The number of benzene rings is 1. The number of hydrogen-bond acceptors (Lipinski definition) is 5. The van der Waals surface area contributed by atoms with E-state index in [9.17, 15) is 14.8 Å². The van der Waals surface area contributed by atoms with Gasteiger partial charge in [0.05, 0.1) is 12.8 Å². The molecule has 0 saturated heterocycles. The van der Waals surface area contributed by atoms with Crippen LogP contribution < -0.4 is 10.1 Å². The first-order chi connectivity index (χ1) is 11.7. The van der Waals surface area contributed by atoms with E-state index < -0.39 is 27.9 Å². The molecule has 6 nitrogen and oxygen atoms in total. The van der Waals surface area contributed by atoms with Gasteiger partial charge in [-0.3, -0.25) is 9.59 Å². The lowest BCUT2D eigenvalue weighted by Crippen LogP contribution is -2.47. The van der Waals surface area contributed by atoms with Gasteiger partial charge in [-0.2, -0.15) is 0 Å². The third kappa shape index (κ3) is 2.00. The van der Waals surface area contributed by atoms with E-state index in [0.29, 0.717) is 29.3 Å². The molecule has 1 aromatic rings. The zero-order chi connectivity index (χ0) is 18.6. The Bertz CT molecular complexity index is 804. The highest BCUT2D eigenvalue weighted by Crippen LogP contribution is 2.69. The lowest BCUT2D eigenvalue weighted by atomic mass is 9.64. The number of fused-ring (bicyclic) bond motifs is 2. The summed E-state index contributed by atoms with van der Waals surface area (Å²) >= 11 is 6.02. The number of methoxy groups -OCH3 is 1. The minimum Gasteiger partial charge on any atom is -0.495 e. The number of hydrogen-bond donors (Lipinski definition) is 2. The quantitative estimate of drug-likeness (QED) is 0.488. The Kier molecular flexibility index (Phi) is 3.87. The number of ether oxygens (including phenoxy) is 1. The number of amides is 1. The van der Waals surface area contributed by atoms with Crippen molar-refractivity contribution in [2.24, 2.45) is 21.4 Å². The van der Waals surface area contributed by atoms with E-state index in [1.54, 1.807) is 18.2 Å². The minimum absolute atomic E-state index is 0.0805. The molecule has 2 aliphatic rings. The van der Waals surface area contributed by atoms with E-state index in [2.05, 4.69) is 10.5 Å². The number of halogens is 1. The van der Waals surface area contributed by atoms with E-state index in [4.69, 9.17) is 16.3 Å². The maximum absolute atomic E-state index is 13.2. The fourth-order valence-corrected chi connectivity index (χ4v) is 4.63. The average Bonchev–Trinajstić information content (AvgIpc) is 2.83. The van der Waals surface area contributed by atoms with Crippen LogP contribution in [0.4, 0.5) is 5.69 Å². The van der Waals surface area contributed by atoms with Gasteiger partial charge in [0.15, 0.2) is 5.78 Å². The Morgan fingerprint density at radius 2 is 2.00 bits per heavy atom. The van der Waals surface area contributed by atoms with E-state index in [-0.39, 0.29) is 5.71 Å². The molecule has 2 saturated carbocycles. The number of rotatable bonds is 3.